The molecule has 0 radical (unpaired) electrons. The first-order chi connectivity index (χ1) is 6.59. The molecule has 0 heterocycles. The Morgan fingerprint density at radius 3 is 2.93 bits per heavy atom. The monoisotopic (exact) mass is 279 g/mol. The topological polar surface area (TPSA) is 29.1 Å². The first-order valence-electron chi connectivity index (χ1n) is 4.08. The van der Waals surface area contributed by atoms with Gasteiger partial charge in [-0.25, -0.2) is 4.39 Å². The molecule has 1 atom stereocenters. The van der Waals surface area contributed by atoms with Crippen LogP contribution in [0.2, 0.25) is 0 Å². The fraction of sp³-hybridized carbons (Fsp3) is 0.333. The smallest absolute Gasteiger partial charge is 0.125 e. The lowest BCUT2D eigenvalue weighted by Crippen LogP contribution is -2.10. The second-order valence-corrected chi connectivity index (χ2v) is 5.24. The molecule has 1 N–H and O–H groups in total. The third-order valence-electron chi connectivity index (χ3n) is 1.63. The molecule has 0 aliphatic carbocycles. The first-order valence-corrected chi connectivity index (χ1v) is 6.60. The molecular weight excluding hydrogens is 269 g/mol. The van der Waals surface area contributed by atoms with Crippen LogP contribution in [0.25, 0.3) is 0 Å². The second-order valence-electron chi connectivity index (χ2n) is 2.83. The molecule has 0 fully saturated rings. The van der Waals surface area contributed by atoms with Gasteiger partial charge in [0, 0.05) is 33.8 Å². The van der Waals surface area contributed by atoms with Crippen molar-refractivity contribution in [3.05, 3.63) is 28.5 Å². The van der Waals surface area contributed by atoms with Gasteiger partial charge in [-0.05, 0) is 34.1 Å². The molecular formula is C9H11BrFNOS. The fourth-order valence-corrected chi connectivity index (χ4v) is 1.74. The zero-order valence-corrected chi connectivity index (χ0v) is 10.1. The Bertz CT molecular complexity index is 346. The summed E-state index contributed by atoms with van der Waals surface area (Å²) in [6.45, 7) is 0.575. The molecule has 0 saturated carbocycles. The van der Waals surface area contributed by atoms with E-state index in [4.69, 9.17) is 0 Å². The van der Waals surface area contributed by atoms with E-state index >= 15 is 0 Å². The van der Waals surface area contributed by atoms with Crippen molar-refractivity contribution in [2.75, 3.05) is 23.9 Å². The molecule has 0 spiro atoms. The highest BCUT2D eigenvalue weighted by Crippen LogP contribution is 2.22. The summed E-state index contributed by atoms with van der Waals surface area (Å²) in [5.41, 5.74) is 0.690. The van der Waals surface area contributed by atoms with Gasteiger partial charge in [-0.1, -0.05) is 0 Å². The third kappa shape index (κ3) is 3.75. The standard InChI is InChI=1S/C9H11BrFNOS/c1-14(13)5-4-12-9-6-7(11)2-3-8(9)10/h2-3,6,12H,4-5H2,1H3. The van der Waals surface area contributed by atoms with Gasteiger partial charge in [-0.15, -0.1) is 0 Å². The van der Waals surface area contributed by atoms with E-state index in [1.807, 2.05) is 0 Å². The number of rotatable bonds is 4. The first kappa shape index (κ1) is 11.7. The Morgan fingerprint density at radius 1 is 1.57 bits per heavy atom. The third-order valence-corrected chi connectivity index (χ3v) is 3.10. The van der Waals surface area contributed by atoms with Gasteiger partial charge in [0.15, 0.2) is 0 Å². The molecule has 1 rings (SSSR count). The van der Waals surface area contributed by atoms with Gasteiger partial charge < -0.3 is 5.32 Å². The average molecular weight is 280 g/mol. The molecule has 78 valence electrons. The summed E-state index contributed by atoms with van der Waals surface area (Å²) >= 11 is 3.29. The minimum absolute atomic E-state index is 0.284. The summed E-state index contributed by atoms with van der Waals surface area (Å²) in [5.74, 6) is 0.275. The van der Waals surface area contributed by atoms with Crippen molar-refractivity contribution in [1.82, 2.24) is 0 Å². The van der Waals surface area contributed by atoms with Crippen molar-refractivity contribution in [2.45, 2.75) is 0 Å². The molecule has 14 heavy (non-hydrogen) atoms. The highest BCUT2D eigenvalue weighted by molar-refractivity contribution is 9.10. The van der Waals surface area contributed by atoms with Crippen molar-refractivity contribution >= 4 is 32.4 Å². The van der Waals surface area contributed by atoms with Crippen molar-refractivity contribution < 1.29 is 8.60 Å². The number of hydrogen-bond donors (Lipinski definition) is 1. The summed E-state index contributed by atoms with van der Waals surface area (Å²) in [4.78, 5) is 0. The van der Waals surface area contributed by atoms with Crippen LogP contribution in [0.5, 0.6) is 0 Å². The SMILES string of the molecule is CS(=O)CCNc1cc(F)ccc1Br. The normalized spacial score (nSPS) is 12.5. The number of hydrogen-bond acceptors (Lipinski definition) is 2. The van der Waals surface area contributed by atoms with Crippen molar-refractivity contribution in [3.63, 3.8) is 0 Å². The van der Waals surface area contributed by atoms with Crippen LogP contribution in [0.4, 0.5) is 10.1 Å². The number of benzene rings is 1. The van der Waals surface area contributed by atoms with E-state index in [2.05, 4.69) is 21.2 Å². The van der Waals surface area contributed by atoms with Crippen molar-refractivity contribution in [1.29, 1.82) is 0 Å². The molecule has 0 amide bonds. The van der Waals surface area contributed by atoms with Crippen LogP contribution in [0.3, 0.4) is 0 Å². The highest BCUT2D eigenvalue weighted by Gasteiger charge is 2.00. The fourth-order valence-electron chi connectivity index (χ4n) is 0.962. The van der Waals surface area contributed by atoms with E-state index in [-0.39, 0.29) is 5.82 Å². The second kappa shape index (κ2) is 5.46. The minimum Gasteiger partial charge on any atom is -0.383 e. The molecule has 1 aromatic rings. The molecule has 1 unspecified atom stereocenters. The number of nitrogens with one attached hydrogen (secondary N) is 1. The summed E-state index contributed by atoms with van der Waals surface area (Å²) < 4.78 is 24.4. The number of anilines is 1. The Balaban J connectivity index is 2.57. The Hall–Kier alpha value is -0.420. The predicted molar refractivity (Wildman–Crippen MR) is 61.5 cm³/mol. The van der Waals surface area contributed by atoms with Gasteiger partial charge in [-0.3, -0.25) is 4.21 Å². The minimum atomic E-state index is -0.823. The molecule has 2 nitrogen and oxygen atoms in total. The van der Waals surface area contributed by atoms with Gasteiger partial charge in [0.2, 0.25) is 0 Å². The molecule has 0 aliphatic heterocycles. The van der Waals surface area contributed by atoms with Gasteiger partial charge in [0.25, 0.3) is 0 Å². The quantitative estimate of drug-likeness (QED) is 0.917. The Kier molecular flexibility index (Phi) is 4.54. The zero-order chi connectivity index (χ0) is 10.6. The largest absolute Gasteiger partial charge is 0.383 e. The molecule has 0 saturated heterocycles. The lowest BCUT2D eigenvalue weighted by Gasteiger charge is -2.07. The molecule has 0 bridgehead atoms. The molecule has 0 aliphatic rings. The van der Waals surface area contributed by atoms with Crippen LogP contribution in [0.1, 0.15) is 0 Å². The van der Waals surface area contributed by atoms with Crippen molar-refractivity contribution in [3.8, 4) is 0 Å². The summed E-state index contributed by atoms with van der Waals surface area (Å²) in [6, 6.07) is 4.43. The van der Waals surface area contributed by atoms with Gasteiger partial charge >= 0.3 is 0 Å². The predicted octanol–water partition coefficient (Wildman–Crippen LogP) is 2.38. The maximum atomic E-state index is 12.8. The van der Waals surface area contributed by atoms with Crippen LogP contribution in [-0.2, 0) is 10.8 Å². The molecule has 1 aromatic carbocycles. The van der Waals surface area contributed by atoms with Gasteiger partial charge in [0.1, 0.15) is 5.82 Å². The maximum absolute atomic E-state index is 12.8. The van der Waals surface area contributed by atoms with E-state index in [0.717, 1.165) is 4.47 Å². The Labute approximate surface area is 93.5 Å². The zero-order valence-electron chi connectivity index (χ0n) is 7.72. The van der Waals surface area contributed by atoms with E-state index in [0.29, 0.717) is 18.0 Å². The van der Waals surface area contributed by atoms with Crippen LogP contribution in [0, 0.1) is 5.82 Å². The highest BCUT2D eigenvalue weighted by atomic mass is 79.9. The number of halogens is 2. The lowest BCUT2D eigenvalue weighted by atomic mass is 10.3. The maximum Gasteiger partial charge on any atom is 0.125 e. The molecule has 0 aromatic heterocycles. The molecule has 5 heteroatoms. The summed E-state index contributed by atoms with van der Waals surface area (Å²) in [6.07, 6.45) is 1.64. The van der Waals surface area contributed by atoms with Crippen molar-refractivity contribution in [2.24, 2.45) is 0 Å². The lowest BCUT2D eigenvalue weighted by molar-refractivity contribution is 0.628. The van der Waals surface area contributed by atoms with Gasteiger partial charge in [-0.2, -0.15) is 0 Å². The van der Waals surface area contributed by atoms with E-state index in [1.165, 1.54) is 12.1 Å². The van der Waals surface area contributed by atoms with Crippen LogP contribution in [-0.4, -0.2) is 22.8 Å². The van der Waals surface area contributed by atoms with Gasteiger partial charge in [0.05, 0.1) is 5.69 Å². The average Bonchev–Trinajstić information content (AvgIpc) is 2.10. The summed E-state index contributed by atoms with van der Waals surface area (Å²) in [7, 11) is -0.823. The van der Waals surface area contributed by atoms with Crippen LogP contribution in [0.15, 0.2) is 22.7 Å². The van der Waals surface area contributed by atoms with E-state index in [9.17, 15) is 8.60 Å². The summed E-state index contributed by atoms with van der Waals surface area (Å²) in [5, 5.41) is 3.01. The van der Waals surface area contributed by atoms with E-state index in [1.54, 1.807) is 12.3 Å². The van der Waals surface area contributed by atoms with E-state index < -0.39 is 10.8 Å². The van der Waals surface area contributed by atoms with Crippen LogP contribution >= 0.6 is 15.9 Å². The van der Waals surface area contributed by atoms with Crippen LogP contribution < -0.4 is 5.32 Å². The Morgan fingerprint density at radius 2 is 2.29 bits per heavy atom.